The summed E-state index contributed by atoms with van der Waals surface area (Å²) in [5, 5.41) is 27.8. The van der Waals surface area contributed by atoms with Gasteiger partial charge in [0.15, 0.2) is 0 Å². The van der Waals surface area contributed by atoms with Crippen LogP contribution in [0.4, 0.5) is 0 Å². The van der Waals surface area contributed by atoms with Crippen molar-refractivity contribution in [2.45, 2.75) is 10.6 Å². The number of hydrogen-bond acceptors (Lipinski definition) is 7. The van der Waals surface area contributed by atoms with Crippen molar-refractivity contribution in [2.24, 2.45) is 0 Å². The highest BCUT2D eigenvalue weighted by Gasteiger charge is 2.28. The smallest absolute Gasteiger partial charge is 0.138 e. The third-order valence-corrected chi connectivity index (χ3v) is 3.52. The summed E-state index contributed by atoms with van der Waals surface area (Å²) in [4.78, 5) is 0. The highest BCUT2D eigenvalue weighted by Crippen LogP contribution is 2.11. The Morgan fingerprint density at radius 1 is 1.61 bits per heavy atom. The maximum atomic E-state index is 10.3. The van der Waals surface area contributed by atoms with Crippen molar-refractivity contribution in [1.82, 2.24) is 26.0 Å². The molecule has 1 aliphatic rings. The van der Waals surface area contributed by atoms with E-state index in [4.69, 9.17) is 4.74 Å². The van der Waals surface area contributed by atoms with Gasteiger partial charge in [0.05, 0.1) is 19.4 Å². The van der Waals surface area contributed by atoms with E-state index in [-0.39, 0.29) is 0 Å². The first-order valence-electron chi connectivity index (χ1n) is 5.99. The standard InChI is InChI=1S/C10H19N5O2S/c16-10(6-11-1-3-17-8-10)7-12-2-4-18-9-5-13-15-14-9/h5,11-12,16H,1-4,6-8H2,(H,13,14,15). The number of aromatic nitrogens is 3. The Morgan fingerprint density at radius 3 is 3.39 bits per heavy atom. The third-order valence-electron chi connectivity index (χ3n) is 2.62. The Bertz CT molecular complexity index is 327. The van der Waals surface area contributed by atoms with Crippen molar-refractivity contribution in [3.63, 3.8) is 0 Å². The lowest BCUT2D eigenvalue weighted by atomic mass is 10.1. The first kappa shape index (κ1) is 13.8. The van der Waals surface area contributed by atoms with Crippen LogP contribution in [-0.4, -0.2) is 71.3 Å². The van der Waals surface area contributed by atoms with Crippen LogP contribution >= 0.6 is 11.8 Å². The molecule has 8 heteroatoms. The average molecular weight is 273 g/mol. The fourth-order valence-corrected chi connectivity index (χ4v) is 2.39. The third kappa shape index (κ3) is 4.54. The maximum absolute atomic E-state index is 10.3. The largest absolute Gasteiger partial charge is 0.385 e. The normalized spacial score (nSPS) is 24.9. The van der Waals surface area contributed by atoms with Gasteiger partial charge in [-0.05, 0) is 0 Å². The van der Waals surface area contributed by atoms with E-state index >= 15 is 0 Å². The van der Waals surface area contributed by atoms with Crippen LogP contribution in [0.3, 0.4) is 0 Å². The molecule has 1 saturated heterocycles. The summed E-state index contributed by atoms with van der Waals surface area (Å²) in [6.07, 6.45) is 1.70. The molecule has 1 aliphatic heterocycles. The van der Waals surface area contributed by atoms with E-state index in [0.717, 1.165) is 23.9 Å². The molecule has 0 aliphatic carbocycles. The summed E-state index contributed by atoms with van der Waals surface area (Å²) < 4.78 is 5.35. The Labute approximate surface area is 110 Å². The Kier molecular flexibility index (Phi) is 5.39. The molecule has 2 rings (SSSR count). The molecule has 1 aromatic heterocycles. The average Bonchev–Trinajstić information content (AvgIpc) is 2.78. The number of aromatic amines is 1. The van der Waals surface area contributed by atoms with E-state index < -0.39 is 5.60 Å². The molecule has 0 aromatic carbocycles. The van der Waals surface area contributed by atoms with Gasteiger partial charge in [-0.2, -0.15) is 10.3 Å². The predicted molar refractivity (Wildman–Crippen MR) is 68.6 cm³/mol. The quantitative estimate of drug-likeness (QED) is 0.383. The number of nitrogens with zero attached hydrogens (tertiary/aromatic N) is 2. The lowest BCUT2D eigenvalue weighted by Gasteiger charge is -2.26. The minimum atomic E-state index is -0.810. The molecule has 0 radical (unpaired) electrons. The first-order valence-corrected chi connectivity index (χ1v) is 6.97. The zero-order valence-corrected chi connectivity index (χ0v) is 11.0. The number of β-amino-alcohol motifs (C(OH)–C–C–N with tert-alkyl or cyclic N) is 1. The highest BCUT2D eigenvalue weighted by molar-refractivity contribution is 7.99. The molecular weight excluding hydrogens is 254 g/mol. The van der Waals surface area contributed by atoms with Gasteiger partial charge in [-0.3, -0.25) is 0 Å². The number of aliphatic hydroxyl groups is 1. The second-order valence-corrected chi connectivity index (χ2v) is 5.40. The maximum Gasteiger partial charge on any atom is 0.138 e. The molecule has 0 bridgehead atoms. The van der Waals surface area contributed by atoms with E-state index in [2.05, 4.69) is 26.0 Å². The Hall–Kier alpha value is -0.670. The Balaban J connectivity index is 1.59. The topological polar surface area (TPSA) is 95.1 Å². The molecule has 7 nitrogen and oxygen atoms in total. The van der Waals surface area contributed by atoms with Gasteiger partial charge in [-0.25, -0.2) is 0 Å². The fourth-order valence-electron chi connectivity index (χ4n) is 1.70. The van der Waals surface area contributed by atoms with Crippen LogP contribution in [0.25, 0.3) is 0 Å². The summed E-state index contributed by atoms with van der Waals surface area (Å²) in [7, 11) is 0. The van der Waals surface area contributed by atoms with Gasteiger partial charge < -0.3 is 20.5 Å². The SMILES string of the molecule is OC1(CNCCSc2cn[nH]n2)CNCCOC1. The van der Waals surface area contributed by atoms with Crippen LogP contribution in [0, 0.1) is 0 Å². The van der Waals surface area contributed by atoms with Crippen molar-refractivity contribution >= 4 is 11.8 Å². The van der Waals surface area contributed by atoms with Crippen LogP contribution in [0.15, 0.2) is 11.2 Å². The van der Waals surface area contributed by atoms with Crippen molar-refractivity contribution < 1.29 is 9.84 Å². The van der Waals surface area contributed by atoms with Crippen molar-refractivity contribution in [1.29, 1.82) is 0 Å². The van der Waals surface area contributed by atoms with Crippen LogP contribution in [0.1, 0.15) is 0 Å². The number of nitrogens with one attached hydrogen (secondary N) is 3. The molecule has 2 heterocycles. The molecule has 0 spiro atoms. The minimum absolute atomic E-state index is 0.378. The molecule has 1 aromatic rings. The number of ether oxygens (including phenoxy) is 1. The van der Waals surface area contributed by atoms with Gasteiger partial charge in [-0.15, -0.1) is 16.9 Å². The van der Waals surface area contributed by atoms with Gasteiger partial charge in [0, 0.05) is 31.9 Å². The second kappa shape index (κ2) is 7.05. The monoisotopic (exact) mass is 273 g/mol. The van der Waals surface area contributed by atoms with Gasteiger partial charge >= 0.3 is 0 Å². The summed E-state index contributed by atoms with van der Waals surface area (Å²) in [5.74, 6) is 0.886. The van der Waals surface area contributed by atoms with E-state index in [0.29, 0.717) is 26.3 Å². The zero-order chi connectivity index (χ0) is 12.7. The molecular formula is C10H19N5O2S. The van der Waals surface area contributed by atoms with Crippen LogP contribution in [0.5, 0.6) is 0 Å². The second-order valence-electron chi connectivity index (χ2n) is 4.29. The zero-order valence-electron chi connectivity index (χ0n) is 10.2. The minimum Gasteiger partial charge on any atom is -0.385 e. The van der Waals surface area contributed by atoms with Crippen molar-refractivity contribution in [2.75, 3.05) is 45.1 Å². The lowest BCUT2D eigenvalue weighted by Crippen LogP contribution is -2.50. The van der Waals surface area contributed by atoms with Gasteiger partial charge in [0.2, 0.25) is 0 Å². The Morgan fingerprint density at radius 2 is 2.56 bits per heavy atom. The number of rotatable bonds is 6. The van der Waals surface area contributed by atoms with Crippen LogP contribution < -0.4 is 10.6 Å². The molecule has 0 amide bonds. The summed E-state index contributed by atoms with van der Waals surface area (Å²) >= 11 is 1.62. The van der Waals surface area contributed by atoms with Gasteiger partial charge in [-0.1, -0.05) is 0 Å². The van der Waals surface area contributed by atoms with E-state index in [9.17, 15) is 5.11 Å². The molecule has 1 atom stereocenters. The summed E-state index contributed by atoms with van der Waals surface area (Å²) in [6, 6.07) is 0. The van der Waals surface area contributed by atoms with Crippen LogP contribution in [-0.2, 0) is 4.74 Å². The molecule has 0 saturated carbocycles. The molecule has 1 unspecified atom stereocenters. The molecule has 4 N–H and O–H groups in total. The summed E-state index contributed by atoms with van der Waals surface area (Å²) in [6.45, 7) is 3.73. The van der Waals surface area contributed by atoms with E-state index in [1.165, 1.54) is 0 Å². The first-order chi connectivity index (χ1) is 8.79. The van der Waals surface area contributed by atoms with Crippen molar-refractivity contribution in [3.05, 3.63) is 6.20 Å². The van der Waals surface area contributed by atoms with Crippen LogP contribution in [0.2, 0.25) is 0 Å². The number of thioether (sulfide) groups is 1. The lowest BCUT2D eigenvalue weighted by molar-refractivity contribution is -0.0258. The number of hydrogen-bond donors (Lipinski definition) is 4. The molecule has 1 fully saturated rings. The fraction of sp³-hybridized carbons (Fsp3) is 0.800. The van der Waals surface area contributed by atoms with E-state index in [1.54, 1.807) is 18.0 Å². The summed E-state index contributed by atoms with van der Waals surface area (Å²) in [5.41, 5.74) is -0.810. The number of H-pyrrole nitrogens is 1. The van der Waals surface area contributed by atoms with Gasteiger partial charge in [0.25, 0.3) is 0 Å². The predicted octanol–water partition coefficient (Wildman–Crippen LogP) is -1.16. The van der Waals surface area contributed by atoms with E-state index in [1.807, 2.05) is 0 Å². The van der Waals surface area contributed by atoms with Gasteiger partial charge in [0.1, 0.15) is 10.6 Å². The van der Waals surface area contributed by atoms with Crippen molar-refractivity contribution in [3.8, 4) is 0 Å². The molecule has 18 heavy (non-hydrogen) atoms. The molecule has 102 valence electrons. The highest BCUT2D eigenvalue weighted by atomic mass is 32.2.